The van der Waals surface area contributed by atoms with Gasteiger partial charge < -0.3 is 14.9 Å². The Hall–Kier alpha value is -1.99. The van der Waals surface area contributed by atoms with Gasteiger partial charge in [-0.2, -0.15) is 0 Å². The Morgan fingerprint density at radius 2 is 2.24 bits per heavy atom. The van der Waals surface area contributed by atoms with Crippen LogP contribution in [0.1, 0.15) is 29.3 Å². The van der Waals surface area contributed by atoms with Crippen LogP contribution in [0.15, 0.2) is 12.1 Å². The average Bonchev–Trinajstić information content (AvgIpc) is 2.34. The smallest absolute Gasteiger partial charge is 0.173 e. The Kier molecular flexibility index (Phi) is 5.05. The number of carbonyl (C=O) groups is 1. The van der Waals surface area contributed by atoms with E-state index in [4.69, 9.17) is 9.84 Å². The number of benzene rings is 1. The molecule has 0 unspecified atom stereocenters. The van der Waals surface area contributed by atoms with Crippen molar-refractivity contribution in [3.05, 3.63) is 23.3 Å². The molecule has 0 saturated carbocycles. The Morgan fingerprint density at radius 1 is 1.47 bits per heavy atom. The van der Waals surface area contributed by atoms with Crippen LogP contribution in [-0.2, 0) is 0 Å². The molecule has 1 rings (SSSR count). The van der Waals surface area contributed by atoms with Gasteiger partial charge in [0.1, 0.15) is 6.29 Å². The van der Waals surface area contributed by atoms with Crippen molar-refractivity contribution < 1.29 is 19.7 Å². The van der Waals surface area contributed by atoms with Crippen LogP contribution in [0.5, 0.6) is 11.5 Å². The molecule has 0 fully saturated rings. The number of aliphatic hydroxyl groups is 1. The van der Waals surface area contributed by atoms with E-state index in [1.807, 2.05) is 0 Å². The number of rotatable bonds is 4. The zero-order chi connectivity index (χ0) is 12.7. The molecule has 0 radical (unpaired) electrons. The molecule has 4 nitrogen and oxygen atoms in total. The van der Waals surface area contributed by atoms with Crippen LogP contribution in [-0.4, -0.2) is 29.7 Å². The molecule has 0 aromatic heterocycles. The van der Waals surface area contributed by atoms with Crippen LogP contribution < -0.4 is 4.74 Å². The fourth-order valence-corrected chi connectivity index (χ4v) is 1.27. The molecule has 0 aliphatic heterocycles. The lowest BCUT2D eigenvalue weighted by atomic mass is 10.1. The number of aliphatic hydroxyl groups excluding tert-OH is 1. The summed E-state index contributed by atoms with van der Waals surface area (Å²) in [5.74, 6) is 5.53. The van der Waals surface area contributed by atoms with E-state index in [0.717, 1.165) is 0 Å². The van der Waals surface area contributed by atoms with Gasteiger partial charge in [0, 0.05) is 12.0 Å². The first-order chi connectivity index (χ1) is 8.22. The van der Waals surface area contributed by atoms with Crippen LogP contribution in [0, 0.1) is 11.8 Å². The second-order valence-electron chi connectivity index (χ2n) is 3.24. The van der Waals surface area contributed by atoms with Crippen molar-refractivity contribution in [2.24, 2.45) is 0 Å². The minimum absolute atomic E-state index is 0.0422. The topological polar surface area (TPSA) is 66.8 Å². The molecule has 0 aliphatic carbocycles. The molecular weight excluding hydrogens is 220 g/mol. The summed E-state index contributed by atoms with van der Waals surface area (Å²) in [7, 11) is 0. The van der Waals surface area contributed by atoms with E-state index < -0.39 is 0 Å². The standard InChI is InChI=1S/C13H14O4/c1-2-17-12-8-10(9-15)7-11(13(12)16)5-3-4-6-14/h7-9,14,16H,2,4,6H2,1H3. The highest BCUT2D eigenvalue weighted by Crippen LogP contribution is 2.30. The molecule has 0 bridgehead atoms. The number of hydrogen-bond donors (Lipinski definition) is 2. The molecule has 17 heavy (non-hydrogen) atoms. The van der Waals surface area contributed by atoms with E-state index in [0.29, 0.717) is 30.4 Å². The van der Waals surface area contributed by atoms with Gasteiger partial charge in [0.25, 0.3) is 0 Å². The third kappa shape index (κ3) is 3.51. The van der Waals surface area contributed by atoms with E-state index in [-0.39, 0.29) is 18.1 Å². The molecule has 2 N–H and O–H groups in total. The zero-order valence-corrected chi connectivity index (χ0v) is 9.56. The largest absolute Gasteiger partial charge is 0.503 e. The van der Waals surface area contributed by atoms with Gasteiger partial charge in [0.2, 0.25) is 0 Å². The van der Waals surface area contributed by atoms with Crippen LogP contribution >= 0.6 is 0 Å². The molecule has 90 valence electrons. The van der Waals surface area contributed by atoms with Crippen LogP contribution in [0.4, 0.5) is 0 Å². The van der Waals surface area contributed by atoms with Gasteiger partial charge >= 0.3 is 0 Å². The summed E-state index contributed by atoms with van der Waals surface area (Å²) in [5.41, 5.74) is 0.714. The second kappa shape index (κ2) is 6.56. The van der Waals surface area contributed by atoms with Crippen molar-refractivity contribution in [1.29, 1.82) is 0 Å². The quantitative estimate of drug-likeness (QED) is 0.609. The average molecular weight is 234 g/mol. The van der Waals surface area contributed by atoms with Crippen LogP contribution in [0.3, 0.4) is 0 Å². The van der Waals surface area contributed by atoms with Crippen molar-refractivity contribution in [2.45, 2.75) is 13.3 Å². The number of phenols is 1. The predicted molar refractivity (Wildman–Crippen MR) is 63.2 cm³/mol. The third-order valence-corrected chi connectivity index (χ3v) is 1.99. The second-order valence-corrected chi connectivity index (χ2v) is 3.24. The molecule has 1 aromatic carbocycles. The van der Waals surface area contributed by atoms with Crippen LogP contribution in [0.25, 0.3) is 0 Å². The van der Waals surface area contributed by atoms with Gasteiger partial charge in [-0.25, -0.2) is 0 Å². The monoisotopic (exact) mass is 234 g/mol. The maximum Gasteiger partial charge on any atom is 0.173 e. The van der Waals surface area contributed by atoms with E-state index >= 15 is 0 Å². The number of aldehydes is 1. The normalized spacial score (nSPS) is 9.29. The summed E-state index contributed by atoms with van der Waals surface area (Å²) in [4.78, 5) is 10.7. The Bertz CT molecular complexity index is 454. The van der Waals surface area contributed by atoms with Gasteiger partial charge in [-0.05, 0) is 19.1 Å². The van der Waals surface area contributed by atoms with Crippen molar-refractivity contribution in [3.8, 4) is 23.3 Å². The summed E-state index contributed by atoms with van der Waals surface area (Å²) >= 11 is 0. The first-order valence-corrected chi connectivity index (χ1v) is 5.27. The number of ether oxygens (including phenoxy) is 1. The first kappa shape index (κ1) is 13.1. The highest BCUT2D eigenvalue weighted by Gasteiger charge is 2.09. The van der Waals surface area contributed by atoms with Gasteiger partial charge in [-0.1, -0.05) is 11.8 Å². The zero-order valence-electron chi connectivity index (χ0n) is 9.56. The first-order valence-electron chi connectivity index (χ1n) is 5.27. The molecule has 4 heteroatoms. The van der Waals surface area contributed by atoms with Gasteiger partial charge in [0.15, 0.2) is 11.5 Å². The molecule has 0 atom stereocenters. The maximum atomic E-state index is 10.7. The summed E-state index contributed by atoms with van der Waals surface area (Å²) in [6.07, 6.45) is 0.980. The van der Waals surface area contributed by atoms with E-state index in [1.165, 1.54) is 12.1 Å². The molecule has 0 amide bonds. The fourth-order valence-electron chi connectivity index (χ4n) is 1.27. The summed E-state index contributed by atoms with van der Waals surface area (Å²) in [6.45, 7) is 2.13. The van der Waals surface area contributed by atoms with Crippen LogP contribution in [0.2, 0.25) is 0 Å². The van der Waals surface area contributed by atoms with Crippen molar-refractivity contribution in [2.75, 3.05) is 13.2 Å². The SMILES string of the molecule is CCOc1cc(C=O)cc(C#CCCO)c1O. The van der Waals surface area contributed by atoms with Gasteiger partial charge in [-0.15, -0.1) is 0 Å². The fraction of sp³-hybridized carbons (Fsp3) is 0.308. The minimum atomic E-state index is -0.0807. The van der Waals surface area contributed by atoms with Crippen molar-refractivity contribution in [3.63, 3.8) is 0 Å². The van der Waals surface area contributed by atoms with E-state index in [9.17, 15) is 9.90 Å². The van der Waals surface area contributed by atoms with Gasteiger partial charge in [-0.3, -0.25) is 4.79 Å². The lowest BCUT2D eigenvalue weighted by molar-refractivity contribution is 0.112. The number of aromatic hydroxyl groups is 1. The Morgan fingerprint density at radius 3 is 2.82 bits per heavy atom. The van der Waals surface area contributed by atoms with Crippen molar-refractivity contribution in [1.82, 2.24) is 0 Å². The number of hydrogen-bond acceptors (Lipinski definition) is 4. The molecule has 0 heterocycles. The summed E-state index contributed by atoms with van der Waals surface area (Å²) in [6, 6.07) is 2.94. The van der Waals surface area contributed by atoms with Crippen molar-refractivity contribution >= 4 is 6.29 Å². The molecular formula is C13H14O4. The number of carbonyl (C=O) groups excluding carboxylic acids is 1. The molecule has 1 aromatic rings. The Balaban J connectivity index is 3.15. The van der Waals surface area contributed by atoms with E-state index in [1.54, 1.807) is 6.92 Å². The summed E-state index contributed by atoms with van der Waals surface area (Å²) in [5, 5.41) is 18.4. The Labute approximate surface area is 99.8 Å². The molecule has 0 saturated heterocycles. The predicted octanol–water partition coefficient (Wildman–Crippen LogP) is 1.34. The lowest BCUT2D eigenvalue weighted by Crippen LogP contribution is -1.95. The highest BCUT2D eigenvalue weighted by molar-refractivity contribution is 5.78. The molecule has 0 spiro atoms. The minimum Gasteiger partial charge on any atom is -0.503 e. The highest BCUT2D eigenvalue weighted by atomic mass is 16.5. The van der Waals surface area contributed by atoms with Gasteiger partial charge in [0.05, 0.1) is 18.8 Å². The maximum absolute atomic E-state index is 10.7. The lowest BCUT2D eigenvalue weighted by Gasteiger charge is -2.08. The van der Waals surface area contributed by atoms with E-state index in [2.05, 4.69) is 11.8 Å². The number of phenolic OH excluding ortho intramolecular Hbond substituents is 1. The summed E-state index contributed by atoms with van der Waals surface area (Å²) < 4.78 is 5.20. The molecule has 0 aliphatic rings. The third-order valence-electron chi connectivity index (χ3n) is 1.99.